The van der Waals surface area contributed by atoms with Crippen molar-refractivity contribution >= 4 is 24.1 Å². The van der Waals surface area contributed by atoms with Crippen molar-refractivity contribution < 1.29 is 38.9 Å². The molecule has 3 atom stereocenters. The predicted octanol–water partition coefficient (Wildman–Crippen LogP) is 1.69. The first-order valence-corrected chi connectivity index (χ1v) is 10.3. The van der Waals surface area contributed by atoms with Gasteiger partial charge in [-0.05, 0) is 54.9 Å². The van der Waals surface area contributed by atoms with Crippen molar-refractivity contribution in [1.29, 1.82) is 0 Å². The van der Waals surface area contributed by atoms with Gasteiger partial charge in [0.25, 0.3) is 0 Å². The third kappa shape index (κ3) is 15.9. The minimum atomic E-state index is -1.16. The number of alkyl carbamates (subject to hydrolysis) is 2. The maximum absolute atomic E-state index is 12.6. The van der Waals surface area contributed by atoms with Crippen LogP contribution in [0.1, 0.15) is 61.3 Å². The maximum Gasteiger partial charge on any atom is 0.408 e. The number of carbonyl (C=O) groups is 4. The molecule has 5 N–H and O–H groups in total. The van der Waals surface area contributed by atoms with Crippen LogP contribution in [0.5, 0.6) is 0 Å². The van der Waals surface area contributed by atoms with Crippen LogP contribution in [-0.2, 0) is 19.1 Å². The zero-order chi connectivity index (χ0) is 25.1. The van der Waals surface area contributed by atoms with E-state index in [0.29, 0.717) is 0 Å². The minimum Gasteiger partial charge on any atom is -0.478 e. The van der Waals surface area contributed by atoms with Gasteiger partial charge in [0.2, 0.25) is 5.91 Å². The number of aliphatic carboxylic acids is 1. The van der Waals surface area contributed by atoms with E-state index in [1.165, 1.54) is 6.08 Å². The molecular formula is C21H37N3O8. The molecule has 0 aromatic rings. The Morgan fingerprint density at radius 1 is 0.938 bits per heavy atom. The number of carboxylic acid groups (broad SMARTS) is 1. The molecule has 0 aliphatic rings. The Bertz CT molecular complexity index is 680. The topological polar surface area (TPSA) is 163 Å². The fourth-order valence-electron chi connectivity index (χ4n) is 2.33. The molecule has 0 spiro atoms. The molecule has 0 heterocycles. The van der Waals surface area contributed by atoms with Crippen LogP contribution in [0.25, 0.3) is 0 Å². The highest BCUT2D eigenvalue weighted by molar-refractivity contribution is 5.86. The van der Waals surface area contributed by atoms with E-state index in [2.05, 4.69) is 16.0 Å². The second-order valence-corrected chi connectivity index (χ2v) is 9.30. The van der Waals surface area contributed by atoms with Gasteiger partial charge < -0.3 is 35.6 Å². The van der Waals surface area contributed by atoms with Crippen molar-refractivity contribution in [3.8, 4) is 0 Å². The van der Waals surface area contributed by atoms with E-state index >= 15 is 0 Å². The van der Waals surface area contributed by atoms with E-state index in [1.807, 2.05) is 0 Å². The molecule has 32 heavy (non-hydrogen) atoms. The number of aliphatic hydroxyl groups is 1. The molecule has 3 unspecified atom stereocenters. The molecule has 3 amide bonds. The molecule has 0 fully saturated rings. The van der Waals surface area contributed by atoms with Gasteiger partial charge in [-0.15, -0.1) is 0 Å². The molecule has 0 saturated carbocycles. The summed E-state index contributed by atoms with van der Waals surface area (Å²) in [6.45, 7) is 11.8. The lowest BCUT2D eigenvalue weighted by Crippen LogP contribution is -2.51. The van der Waals surface area contributed by atoms with E-state index in [4.69, 9.17) is 14.6 Å². The first-order chi connectivity index (χ1) is 14.5. The van der Waals surface area contributed by atoms with Crippen molar-refractivity contribution in [2.45, 2.75) is 90.7 Å². The van der Waals surface area contributed by atoms with E-state index < -0.39 is 53.5 Å². The van der Waals surface area contributed by atoms with E-state index in [-0.39, 0.29) is 19.4 Å². The number of carboxylic acids is 1. The minimum absolute atomic E-state index is 0.0919. The molecular weight excluding hydrogens is 422 g/mol. The van der Waals surface area contributed by atoms with Gasteiger partial charge in [0.1, 0.15) is 17.2 Å². The van der Waals surface area contributed by atoms with Gasteiger partial charge in [-0.3, -0.25) is 4.79 Å². The Balaban J connectivity index is 4.98. The average molecular weight is 460 g/mol. The van der Waals surface area contributed by atoms with E-state index in [1.54, 1.807) is 48.5 Å². The standard InChI is InChI=1S/C21H37N3O8/c1-13(8-9-16(26)27)23-17(28)15(24-19(30)32-21(5,6)7)12-14(25)10-11-22-18(29)31-20(2,3)4/h8-9,13-15,25H,10-12H2,1-7H3,(H,22,29)(H,23,28)(H,24,30)(H,26,27)/b9-8+. The lowest BCUT2D eigenvalue weighted by Gasteiger charge is -2.25. The lowest BCUT2D eigenvalue weighted by atomic mass is 10.1. The molecule has 11 nitrogen and oxygen atoms in total. The van der Waals surface area contributed by atoms with Crippen LogP contribution in [0, 0.1) is 0 Å². The Morgan fingerprint density at radius 3 is 1.97 bits per heavy atom. The Hall–Kier alpha value is -2.82. The quantitative estimate of drug-likeness (QED) is 0.308. The molecule has 0 aromatic heterocycles. The number of nitrogens with one attached hydrogen (secondary N) is 3. The number of rotatable bonds is 10. The first-order valence-electron chi connectivity index (χ1n) is 10.3. The van der Waals surface area contributed by atoms with Gasteiger partial charge in [-0.1, -0.05) is 6.08 Å². The van der Waals surface area contributed by atoms with E-state index in [0.717, 1.165) is 6.08 Å². The van der Waals surface area contributed by atoms with Crippen molar-refractivity contribution in [3.63, 3.8) is 0 Å². The second kappa shape index (κ2) is 12.9. The summed E-state index contributed by atoms with van der Waals surface area (Å²) in [6, 6.07) is -1.78. The third-order valence-electron chi connectivity index (χ3n) is 3.56. The summed E-state index contributed by atoms with van der Waals surface area (Å²) in [4.78, 5) is 47.0. The highest BCUT2D eigenvalue weighted by Crippen LogP contribution is 2.10. The van der Waals surface area contributed by atoms with Crippen LogP contribution in [-0.4, -0.2) is 70.2 Å². The van der Waals surface area contributed by atoms with Crippen LogP contribution in [0.2, 0.25) is 0 Å². The van der Waals surface area contributed by atoms with Crippen LogP contribution < -0.4 is 16.0 Å². The van der Waals surface area contributed by atoms with Gasteiger partial charge in [-0.2, -0.15) is 0 Å². The molecule has 0 aliphatic carbocycles. The molecule has 0 bridgehead atoms. The smallest absolute Gasteiger partial charge is 0.408 e. The zero-order valence-electron chi connectivity index (χ0n) is 19.9. The number of ether oxygens (including phenoxy) is 2. The van der Waals surface area contributed by atoms with Gasteiger partial charge in [0, 0.05) is 25.1 Å². The SMILES string of the molecule is CC(/C=C/C(=O)O)NC(=O)C(CC(O)CCNC(=O)OC(C)(C)C)NC(=O)OC(C)(C)C. The summed E-state index contributed by atoms with van der Waals surface area (Å²) in [5.74, 6) is -1.79. The van der Waals surface area contributed by atoms with Crippen LogP contribution in [0.4, 0.5) is 9.59 Å². The number of carbonyl (C=O) groups excluding carboxylic acids is 3. The van der Waals surface area contributed by atoms with Crippen molar-refractivity contribution in [1.82, 2.24) is 16.0 Å². The second-order valence-electron chi connectivity index (χ2n) is 9.30. The fraction of sp³-hybridized carbons (Fsp3) is 0.714. The fourth-order valence-corrected chi connectivity index (χ4v) is 2.33. The van der Waals surface area contributed by atoms with Gasteiger partial charge in [-0.25, -0.2) is 14.4 Å². The van der Waals surface area contributed by atoms with E-state index in [9.17, 15) is 24.3 Å². The Morgan fingerprint density at radius 2 is 1.47 bits per heavy atom. The summed E-state index contributed by atoms with van der Waals surface area (Å²) >= 11 is 0. The summed E-state index contributed by atoms with van der Waals surface area (Å²) in [7, 11) is 0. The summed E-state index contributed by atoms with van der Waals surface area (Å²) < 4.78 is 10.3. The van der Waals surface area contributed by atoms with Crippen LogP contribution in [0.15, 0.2) is 12.2 Å². The van der Waals surface area contributed by atoms with Gasteiger partial charge in [0.05, 0.1) is 6.10 Å². The largest absolute Gasteiger partial charge is 0.478 e. The number of hydrogen-bond acceptors (Lipinski definition) is 7. The Kier molecular flexibility index (Phi) is 11.8. The van der Waals surface area contributed by atoms with Crippen molar-refractivity contribution in [2.75, 3.05) is 6.54 Å². The van der Waals surface area contributed by atoms with Crippen molar-refractivity contribution in [2.24, 2.45) is 0 Å². The van der Waals surface area contributed by atoms with Crippen LogP contribution in [0.3, 0.4) is 0 Å². The summed E-state index contributed by atoms with van der Waals surface area (Å²) in [6.07, 6.45) is -0.412. The molecule has 0 aliphatic heterocycles. The highest BCUT2D eigenvalue weighted by atomic mass is 16.6. The number of hydrogen-bond donors (Lipinski definition) is 5. The lowest BCUT2D eigenvalue weighted by molar-refractivity contribution is -0.131. The molecule has 184 valence electrons. The highest BCUT2D eigenvalue weighted by Gasteiger charge is 2.27. The normalized spacial score (nSPS) is 14.8. The summed E-state index contributed by atoms with van der Waals surface area (Å²) in [5.41, 5.74) is -1.45. The molecule has 11 heteroatoms. The molecule has 0 aromatic carbocycles. The molecule has 0 radical (unpaired) electrons. The van der Waals surface area contributed by atoms with Gasteiger partial charge in [0.15, 0.2) is 0 Å². The van der Waals surface area contributed by atoms with Crippen molar-refractivity contribution in [3.05, 3.63) is 12.2 Å². The average Bonchev–Trinajstić information content (AvgIpc) is 2.56. The molecule has 0 rings (SSSR count). The summed E-state index contributed by atoms with van der Waals surface area (Å²) in [5, 5.41) is 26.5. The monoisotopic (exact) mass is 459 g/mol. The molecule has 0 saturated heterocycles. The Labute approximate surface area is 188 Å². The number of amides is 3. The zero-order valence-corrected chi connectivity index (χ0v) is 19.9. The van der Waals surface area contributed by atoms with Gasteiger partial charge >= 0.3 is 18.2 Å². The maximum atomic E-state index is 12.6. The third-order valence-corrected chi connectivity index (χ3v) is 3.56. The predicted molar refractivity (Wildman–Crippen MR) is 117 cm³/mol. The van der Waals surface area contributed by atoms with Crippen LogP contribution >= 0.6 is 0 Å². The first kappa shape index (κ1) is 29.2. The number of aliphatic hydroxyl groups excluding tert-OH is 1.